The van der Waals surface area contributed by atoms with Gasteiger partial charge in [-0.3, -0.25) is 4.79 Å². The van der Waals surface area contributed by atoms with E-state index in [2.05, 4.69) is 0 Å². The number of aldehydes is 1. The number of carbonyl (C=O) groups excluding carboxylic acids is 1. The van der Waals surface area contributed by atoms with Crippen LogP contribution in [0.1, 0.15) is 37.0 Å². The van der Waals surface area contributed by atoms with Gasteiger partial charge in [0.1, 0.15) is 11.5 Å². The van der Waals surface area contributed by atoms with Gasteiger partial charge >= 0.3 is 0 Å². The normalized spacial score (nSPS) is 10.2. The summed E-state index contributed by atoms with van der Waals surface area (Å²) in [6, 6.07) is 5.27. The number of ether oxygens (including phenoxy) is 3. The summed E-state index contributed by atoms with van der Waals surface area (Å²) in [5.41, 5.74) is 0.542. The first-order chi connectivity index (χ1) is 9.31. The molecule has 0 unspecified atom stereocenters. The highest BCUT2D eigenvalue weighted by Crippen LogP contribution is 2.24. The summed E-state index contributed by atoms with van der Waals surface area (Å²) in [4.78, 5) is 10.9. The van der Waals surface area contributed by atoms with Gasteiger partial charge in [0.2, 0.25) is 0 Å². The van der Waals surface area contributed by atoms with Crippen molar-refractivity contribution in [3.8, 4) is 11.5 Å². The molecule has 106 valence electrons. The van der Waals surface area contributed by atoms with Crippen LogP contribution in [0, 0.1) is 0 Å². The van der Waals surface area contributed by atoms with E-state index >= 15 is 0 Å². The molecular weight excluding hydrogens is 244 g/mol. The highest BCUT2D eigenvalue weighted by atomic mass is 16.5. The van der Waals surface area contributed by atoms with Gasteiger partial charge in [-0.2, -0.15) is 0 Å². The summed E-state index contributed by atoms with van der Waals surface area (Å²) in [5.74, 6) is 1.30. The van der Waals surface area contributed by atoms with E-state index in [1.54, 1.807) is 18.2 Å². The predicted octanol–water partition coefficient (Wildman–Crippen LogP) is 3.09. The lowest BCUT2D eigenvalue weighted by Gasteiger charge is -2.11. The Morgan fingerprint density at radius 1 is 1.11 bits per heavy atom. The summed E-state index contributed by atoms with van der Waals surface area (Å²) in [6.07, 6.45) is 2.54. The van der Waals surface area contributed by atoms with Crippen molar-refractivity contribution in [2.24, 2.45) is 0 Å². The molecule has 0 atom stereocenters. The van der Waals surface area contributed by atoms with Crippen molar-refractivity contribution < 1.29 is 19.0 Å². The third-order valence-corrected chi connectivity index (χ3v) is 2.48. The molecule has 0 fully saturated rings. The SMILES string of the molecule is CCCOc1ccc(C=O)c(OCCCOCC)c1. The summed E-state index contributed by atoms with van der Waals surface area (Å²) < 4.78 is 16.4. The van der Waals surface area contributed by atoms with Crippen molar-refractivity contribution in [3.05, 3.63) is 23.8 Å². The second-order valence-electron chi connectivity index (χ2n) is 4.06. The first-order valence-corrected chi connectivity index (χ1v) is 6.74. The second kappa shape index (κ2) is 9.39. The fourth-order valence-electron chi connectivity index (χ4n) is 1.53. The van der Waals surface area contributed by atoms with Crippen LogP contribution in [0.3, 0.4) is 0 Å². The molecule has 0 saturated heterocycles. The van der Waals surface area contributed by atoms with Crippen molar-refractivity contribution in [2.75, 3.05) is 26.4 Å². The number of hydrogen-bond donors (Lipinski definition) is 0. The Hall–Kier alpha value is -1.55. The topological polar surface area (TPSA) is 44.8 Å². The molecule has 0 spiro atoms. The lowest BCUT2D eigenvalue weighted by molar-refractivity contribution is 0.111. The van der Waals surface area contributed by atoms with Crippen molar-refractivity contribution in [2.45, 2.75) is 26.7 Å². The minimum atomic E-state index is 0.526. The zero-order valence-electron chi connectivity index (χ0n) is 11.7. The van der Waals surface area contributed by atoms with E-state index in [1.165, 1.54) is 0 Å². The van der Waals surface area contributed by atoms with E-state index in [4.69, 9.17) is 14.2 Å². The molecular formula is C15H22O4. The predicted molar refractivity (Wildman–Crippen MR) is 74.2 cm³/mol. The maximum absolute atomic E-state index is 10.9. The molecule has 4 nitrogen and oxygen atoms in total. The van der Waals surface area contributed by atoms with Gasteiger partial charge in [0, 0.05) is 25.7 Å². The van der Waals surface area contributed by atoms with Gasteiger partial charge < -0.3 is 14.2 Å². The molecule has 4 heteroatoms. The van der Waals surface area contributed by atoms with Gasteiger partial charge in [-0.05, 0) is 25.5 Å². The number of rotatable bonds is 10. The number of benzene rings is 1. The highest BCUT2D eigenvalue weighted by Gasteiger charge is 2.05. The van der Waals surface area contributed by atoms with Gasteiger partial charge in [-0.1, -0.05) is 6.92 Å². The van der Waals surface area contributed by atoms with Crippen LogP contribution in [-0.2, 0) is 4.74 Å². The molecule has 0 aliphatic carbocycles. The molecule has 0 aliphatic heterocycles. The largest absolute Gasteiger partial charge is 0.493 e. The van der Waals surface area contributed by atoms with Crippen molar-refractivity contribution >= 4 is 6.29 Å². The molecule has 0 N–H and O–H groups in total. The molecule has 1 aromatic carbocycles. The molecule has 1 aromatic rings. The van der Waals surface area contributed by atoms with Crippen LogP contribution < -0.4 is 9.47 Å². The van der Waals surface area contributed by atoms with E-state index in [0.29, 0.717) is 37.7 Å². The fourth-order valence-corrected chi connectivity index (χ4v) is 1.53. The summed E-state index contributed by atoms with van der Waals surface area (Å²) in [6.45, 7) is 6.56. The van der Waals surface area contributed by atoms with Crippen LogP contribution >= 0.6 is 0 Å². The molecule has 0 aromatic heterocycles. The van der Waals surface area contributed by atoms with Crippen LogP contribution in [0.25, 0.3) is 0 Å². The van der Waals surface area contributed by atoms with Crippen LogP contribution in [0.4, 0.5) is 0 Å². The Bertz CT molecular complexity index is 376. The van der Waals surface area contributed by atoms with Gasteiger partial charge in [-0.25, -0.2) is 0 Å². The first kappa shape index (κ1) is 15.5. The van der Waals surface area contributed by atoms with E-state index in [0.717, 1.165) is 24.9 Å². The molecule has 0 heterocycles. The maximum atomic E-state index is 10.9. The minimum Gasteiger partial charge on any atom is -0.493 e. The average Bonchev–Trinajstić information content (AvgIpc) is 2.45. The molecule has 19 heavy (non-hydrogen) atoms. The van der Waals surface area contributed by atoms with Crippen LogP contribution in [0.5, 0.6) is 11.5 Å². The van der Waals surface area contributed by atoms with Crippen LogP contribution in [-0.4, -0.2) is 32.7 Å². The van der Waals surface area contributed by atoms with Crippen LogP contribution in [0.2, 0.25) is 0 Å². The molecule has 0 radical (unpaired) electrons. The minimum absolute atomic E-state index is 0.526. The lowest BCUT2D eigenvalue weighted by atomic mass is 10.2. The Balaban J connectivity index is 2.54. The Kier molecular flexibility index (Phi) is 7.66. The number of carbonyl (C=O) groups is 1. The lowest BCUT2D eigenvalue weighted by Crippen LogP contribution is -2.05. The molecule has 0 bridgehead atoms. The van der Waals surface area contributed by atoms with E-state index in [9.17, 15) is 4.79 Å². The van der Waals surface area contributed by atoms with Gasteiger partial charge in [0.25, 0.3) is 0 Å². The van der Waals surface area contributed by atoms with Gasteiger partial charge in [-0.15, -0.1) is 0 Å². The Labute approximate surface area is 114 Å². The van der Waals surface area contributed by atoms with Crippen molar-refractivity contribution in [1.82, 2.24) is 0 Å². The third kappa shape index (κ3) is 5.75. The zero-order valence-corrected chi connectivity index (χ0v) is 11.7. The summed E-state index contributed by atoms with van der Waals surface area (Å²) >= 11 is 0. The third-order valence-electron chi connectivity index (χ3n) is 2.48. The molecule has 0 aliphatic rings. The standard InChI is InChI=1S/C15H22O4/c1-3-8-18-14-7-6-13(12-16)15(11-14)19-10-5-9-17-4-2/h6-7,11-12H,3-5,8-10H2,1-2H3. The van der Waals surface area contributed by atoms with E-state index < -0.39 is 0 Å². The Morgan fingerprint density at radius 3 is 2.63 bits per heavy atom. The summed E-state index contributed by atoms with van der Waals surface area (Å²) in [5, 5.41) is 0. The average molecular weight is 266 g/mol. The van der Waals surface area contributed by atoms with Crippen LogP contribution in [0.15, 0.2) is 18.2 Å². The second-order valence-corrected chi connectivity index (χ2v) is 4.06. The molecule has 0 saturated carbocycles. The van der Waals surface area contributed by atoms with E-state index in [1.807, 2.05) is 13.8 Å². The summed E-state index contributed by atoms with van der Waals surface area (Å²) in [7, 11) is 0. The van der Waals surface area contributed by atoms with Crippen molar-refractivity contribution in [1.29, 1.82) is 0 Å². The molecule has 1 rings (SSSR count). The highest BCUT2D eigenvalue weighted by molar-refractivity contribution is 5.79. The molecule has 0 amide bonds. The van der Waals surface area contributed by atoms with Gasteiger partial charge in [0.05, 0.1) is 18.8 Å². The van der Waals surface area contributed by atoms with Crippen molar-refractivity contribution in [3.63, 3.8) is 0 Å². The zero-order chi connectivity index (χ0) is 13.9. The van der Waals surface area contributed by atoms with Gasteiger partial charge in [0.15, 0.2) is 6.29 Å². The smallest absolute Gasteiger partial charge is 0.153 e. The Morgan fingerprint density at radius 2 is 1.95 bits per heavy atom. The fraction of sp³-hybridized carbons (Fsp3) is 0.533. The maximum Gasteiger partial charge on any atom is 0.153 e. The van der Waals surface area contributed by atoms with E-state index in [-0.39, 0.29) is 0 Å². The number of hydrogen-bond acceptors (Lipinski definition) is 4. The first-order valence-electron chi connectivity index (χ1n) is 6.74. The monoisotopic (exact) mass is 266 g/mol. The quantitative estimate of drug-likeness (QED) is 0.482.